The molecule has 2 fully saturated rings. The zero-order chi connectivity index (χ0) is 24.0. The number of esters is 2. The lowest BCUT2D eigenvalue weighted by Gasteiger charge is -2.40. The van der Waals surface area contributed by atoms with Crippen LogP contribution in [0.3, 0.4) is 0 Å². The van der Waals surface area contributed by atoms with Crippen molar-refractivity contribution in [2.24, 2.45) is 23.7 Å². The van der Waals surface area contributed by atoms with Crippen LogP contribution < -0.4 is 10.6 Å². The molecule has 4 atom stereocenters. The summed E-state index contributed by atoms with van der Waals surface area (Å²) >= 11 is 0. The van der Waals surface area contributed by atoms with Gasteiger partial charge in [0.2, 0.25) is 0 Å². The van der Waals surface area contributed by atoms with Crippen molar-refractivity contribution in [2.75, 3.05) is 0 Å². The summed E-state index contributed by atoms with van der Waals surface area (Å²) in [7, 11) is 0. The van der Waals surface area contributed by atoms with E-state index in [0.29, 0.717) is 47.8 Å². The Balaban J connectivity index is 1.81. The van der Waals surface area contributed by atoms with E-state index >= 15 is 0 Å². The Bertz CT molecular complexity index is 521. The lowest BCUT2D eigenvalue weighted by molar-refractivity contribution is -0.159. The van der Waals surface area contributed by atoms with Crippen LogP contribution in [0.15, 0.2) is 0 Å². The normalized spacial score (nSPS) is 31.4. The second-order valence-corrected chi connectivity index (χ2v) is 11.4. The zero-order valence-electron chi connectivity index (χ0n) is 21.6. The van der Waals surface area contributed by atoms with Crippen molar-refractivity contribution in [3.63, 3.8) is 0 Å². The minimum Gasteiger partial charge on any atom is -0.462 e. The molecule has 32 heavy (non-hydrogen) atoms. The van der Waals surface area contributed by atoms with E-state index < -0.39 is 0 Å². The van der Waals surface area contributed by atoms with Gasteiger partial charge in [-0.05, 0) is 23.7 Å². The summed E-state index contributed by atoms with van der Waals surface area (Å²) in [5.41, 5.74) is 0. The van der Waals surface area contributed by atoms with Crippen LogP contribution in [-0.2, 0) is 19.1 Å². The third-order valence-corrected chi connectivity index (χ3v) is 7.27. The Hall–Kier alpha value is -1.14. The zero-order valence-corrected chi connectivity index (χ0v) is 21.6. The Morgan fingerprint density at radius 2 is 0.844 bits per heavy atom. The van der Waals surface area contributed by atoms with E-state index in [1.807, 2.05) is 0 Å². The van der Waals surface area contributed by atoms with Gasteiger partial charge in [0.05, 0.1) is 12.8 Å². The molecular formula is C26H48N2O4. The first kappa shape index (κ1) is 27.1. The number of hydrogen-bond donors (Lipinski definition) is 2. The highest BCUT2D eigenvalue weighted by Gasteiger charge is 2.35. The summed E-state index contributed by atoms with van der Waals surface area (Å²) < 4.78 is 11.6. The summed E-state index contributed by atoms with van der Waals surface area (Å²) in [6.45, 7) is 17.6. The maximum atomic E-state index is 12.5. The minimum absolute atomic E-state index is 0.0809. The quantitative estimate of drug-likeness (QED) is 0.503. The van der Waals surface area contributed by atoms with E-state index in [0.717, 1.165) is 25.7 Å². The monoisotopic (exact) mass is 452 g/mol. The molecule has 0 radical (unpaired) electrons. The number of nitrogens with one attached hydrogen (secondary N) is 2. The first-order valence-electron chi connectivity index (χ1n) is 12.9. The van der Waals surface area contributed by atoms with Gasteiger partial charge >= 0.3 is 11.9 Å². The fourth-order valence-electron chi connectivity index (χ4n) is 4.89. The van der Waals surface area contributed by atoms with Crippen LogP contribution in [0.25, 0.3) is 0 Å². The van der Waals surface area contributed by atoms with Gasteiger partial charge in [0.1, 0.15) is 12.2 Å². The van der Waals surface area contributed by atoms with E-state index in [-0.39, 0.29) is 37.0 Å². The molecule has 2 aliphatic rings. The van der Waals surface area contributed by atoms with Gasteiger partial charge in [-0.25, -0.2) is 0 Å². The van der Waals surface area contributed by atoms with Gasteiger partial charge in [-0.1, -0.05) is 55.4 Å². The highest BCUT2D eigenvalue weighted by atomic mass is 16.6. The second kappa shape index (κ2) is 12.4. The van der Waals surface area contributed by atoms with Crippen LogP contribution in [0.4, 0.5) is 0 Å². The number of rotatable bonds is 9. The van der Waals surface area contributed by atoms with Crippen molar-refractivity contribution < 1.29 is 19.1 Å². The van der Waals surface area contributed by atoms with Gasteiger partial charge in [0.25, 0.3) is 0 Å². The number of carbonyl (C=O) groups excluding carboxylic acids is 2. The largest absolute Gasteiger partial charge is 0.462 e. The highest BCUT2D eigenvalue weighted by molar-refractivity contribution is 5.77. The van der Waals surface area contributed by atoms with Gasteiger partial charge in [-0.15, -0.1) is 0 Å². The topological polar surface area (TPSA) is 76.7 Å². The van der Waals surface area contributed by atoms with Crippen LogP contribution in [0.2, 0.25) is 0 Å². The molecule has 0 aromatic carbocycles. The van der Waals surface area contributed by atoms with Crippen molar-refractivity contribution in [2.45, 2.75) is 130 Å². The summed E-state index contributed by atoms with van der Waals surface area (Å²) in [5.74, 6) is 1.38. The molecule has 2 rings (SSSR count). The van der Waals surface area contributed by atoms with Gasteiger partial charge in [0.15, 0.2) is 0 Å². The molecule has 4 unspecified atom stereocenters. The van der Waals surface area contributed by atoms with Gasteiger partial charge < -0.3 is 20.1 Å². The van der Waals surface area contributed by atoms with Gasteiger partial charge in [-0.2, -0.15) is 0 Å². The maximum Gasteiger partial charge on any atom is 0.306 e. The van der Waals surface area contributed by atoms with Crippen molar-refractivity contribution in [3.05, 3.63) is 0 Å². The molecule has 2 saturated heterocycles. The van der Waals surface area contributed by atoms with Crippen LogP contribution in [0, 0.1) is 23.7 Å². The van der Waals surface area contributed by atoms with Crippen LogP contribution in [0.5, 0.6) is 0 Å². The molecule has 2 N–H and O–H groups in total. The lowest BCUT2D eigenvalue weighted by Crippen LogP contribution is -2.52. The molecule has 0 bridgehead atoms. The van der Waals surface area contributed by atoms with Crippen LogP contribution in [0.1, 0.15) is 93.9 Å². The Morgan fingerprint density at radius 1 is 0.594 bits per heavy atom. The predicted molar refractivity (Wildman–Crippen MR) is 128 cm³/mol. The third-order valence-electron chi connectivity index (χ3n) is 7.27. The highest BCUT2D eigenvalue weighted by Crippen LogP contribution is 2.27. The Labute approximate surface area is 196 Å². The van der Waals surface area contributed by atoms with Gasteiger partial charge in [-0.3, -0.25) is 9.59 Å². The van der Waals surface area contributed by atoms with Gasteiger partial charge in [0, 0.05) is 49.9 Å². The fourth-order valence-corrected chi connectivity index (χ4v) is 4.89. The number of carbonyl (C=O) groups is 2. The molecule has 6 nitrogen and oxygen atoms in total. The van der Waals surface area contributed by atoms with Crippen molar-refractivity contribution in [1.82, 2.24) is 10.6 Å². The molecular weight excluding hydrogens is 404 g/mol. The number of piperidine rings is 2. The van der Waals surface area contributed by atoms with E-state index in [2.05, 4.69) is 66.0 Å². The number of ether oxygens (including phenoxy) is 2. The summed E-state index contributed by atoms with van der Waals surface area (Å²) in [5, 5.41) is 7.41. The fraction of sp³-hybridized carbons (Fsp3) is 0.923. The molecule has 0 saturated carbocycles. The van der Waals surface area contributed by atoms with Crippen LogP contribution >= 0.6 is 0 Å². The second-order valence-electron chi connectivity index (χ2n) is 11.4. The maximum absolute atomic E-state index is 12.5. The van der Waals surface area contributed by atoms with Crippen molar-refractivity contribution in [3.8, 4) is 0 Å². The first-order chi connectivity index (χ1) is 15.0. The van der Waals surface area contributed by atoms with Crippen LogP contribution in [-0.4, -0.2) is 48.3 Å². The molecule has 6 heteroatoms. The summed E-state index contributed by atoms with van der Waals surface area (Å²) in [4.78, 5) is 25.0. The standard InChI is InChI=1S/C26H48N2O4/c1-15(2)21-11-19(12-22(27-21)16(3)4)31-25(29)9-10-26(30)32-20-13-23(17(5)6)28-24(14-20)18(7)8/h15-24,27-28H,9-14H2,1-8H3. The molecule has 0 spiro atoms. The van der Waals surface area contributed by atoms with E-state index in [1.54, 1.807) is 0 Å². The lowest BCUT2D eigenvalue weighted by atomic mass is 9.85. The van der Waals surface area contributed by atoms with Crippen molar-refractivity contribution in [1.29, 1.82) is 0 Å². The molecule has 2 aliphatic heterocycles. The third kappa shape index (κ3) is 8.33. The predicted octanol–water partition coefficient (Wildman–Crippen LogP) is 4.46. The first-order valence-corrected chi connectivity index (χ1v) is 12.9. The molecule has 0 amide bonds. The number of hydrogen-bond acceptors (Lipinski definition) is 6. The average Bonchev–Trinajstić information content (AvgIpc) is 2.71. The Morgan fingerprint density at radius 3 is 1.06 bits per heavy atom. The summed E-state index contributed by atoms with van der Waals surface area (Å²) in [6.07, 6.45) is 3.35. The molecule has 0 aliphatic carbocycles. The summed E-state index contributed by atoms with van der Waals surface area (Å²) in [6, 6.07) is 1.39. The van der Waals surface area contributed by atoms with E-state index in [1.165, 1.54) is 0 Å². The average molecular weight is 453 g/mol. The smallest absolute Gasteiger partial charge is 0.306 e. The molecule has 0 aromatic heterocycles. The molecule has 0 aromatic rings. The molecule has 186 valence electrons. The Kier molecular flexibility index (Phi) is 10.5. The minimum atomic E-state index is -0.288. The van der Waals surface area contributed by atoms with E-state index in [9.17, 15) is 9.59 Å². The SMILES string of the molecule is CC(C)C1CC(OC(=O)CCC(=O)OC2CC(C(C)C)NC(C(C)C)C2)CC(C(C)C)N1. The molecule has 2 heterocycles. The van der Waals surface area contributed by atoms with Crippen molar-refractivity contribution >= 4 is 11.9 Å². The van der Waals surface area contributed by atoms with E-state index in [4.69, 9.17) is 9.47 Å².